The molecule has 0 saturated carbocycles. The predicted molar refractivity (Wildman–Crippen MR) is 117 cm³/mol. The number of carbonyl (C=O) groups excluding carboxylic acids is 2. The molecule has 152 valence electrons. The zero-order chi connectivity index (χ0) is 21.5. The van der Waals surface area contributed by atoms with E-state index in [1.165, 1.54) is 36.5 Å². The van der Waals surface area contributed by atoms with Gasteiger partial charge in [0.05, 0.1) is 13.3 Å². The van der Waals surface area contributed by atoms with Crippen LogP contribution >= 0.6 is 15.9 Å². The molecule has 2 amide bonds. The lowest BCUT2D eigenvalue weighted by molar-refractivity contribution is 0.0953. The summed E-state index contributed by atoms with van der Waals surface area (Å²) in [6, 6.07) is 17.0. The Morgan fingerprint density at radius 1 is 1.00 bits per heavy atom. The molecule has 0 radical (unpaired) electrons. The van der Waals surface area contributed by atoms with Gasteiger partial charge in [-0.1, -0.05) is 22.0 Å². The van der Waals surface area contributed by atoms with Gasteiger partial charge in [-0.25, -0.2) is 9.82 Å². The number of amides is 2. The second kappa shape index (κ2) is 9.80. The smallest absolute Gasteiger partial charge is 0.271 e. The molecule has 0 aliphatic carbocycles. The number of hydrazone groups is 1. The Kier molecular flexibility index (Phi) is 6.92. The molecule has 0 heterocycles. The maximum atomic E-state index is 13.0. The summed E-state index contributed by atoms with van der Waals surface area (Å²) >= 11 is 3.37. The molecule has 0 fully saturated rings. The van der Waals surface area contributed by atoms with Crippen LogP contribution in [0.15, 0.2) is 76.3 Å². The lowest BCUT2D eigenvalue weighted by Crippen LogP contribution is -2.18. The molecule has 3 rings (SSSR count). The number of nitrogens with zero attached hydrogens (tertiary/aromatic N) is 1. The fourth-order valence-corrected chi connectivity index (χ4v) is 2.95. The molecular formula is C22H17BrFN3O3. The van der Waals surface area contributed by atoms with E-state index in [1.54, 1.807) is 37.4 Å². The van der Waals surface area contributed by atoms with Crippen LogP contribution in [0.1, 0.15) is 26.3 Å². The molecule has 0 unspecified atom stereocenters. The maximum absolute atomic E-state index is 13.0. The fraction of sp³-hybridized carbons (Fsp3) is 0.0455. The highest BCUT2D eigenvalue weighted by molar-refractivity contribution is 9.10. The van der Waals surface area contributed by atoms with Gasteiger partial charge in [0.2, 0.25) is 0 Å². The van der Waals surface area contributed by atoms with Crippen LogP contribution in [0.2, 0.25) is 0 Å². The quantitative estimate of drug-likeness (QED) is 0.408. The minimum absolute atomic E-state index is 0.304. The largest absolute Gasteiger partial charge is 0.496 e. The summed E-state index contributed by atoms with van der Waals surface area (Å²) in [6.45, 7) is 0. The van der Waals surface area contributed by atoms with E-state index >= 15 is 0 Å². The van der Waals surface area contributed by atoms with Crippen molar-refractivity contribution < 1.29 is 18.7 Å². The number of nitrogens with one attached hydrogen (secondary N) is 2. The Morgan fingerprint density at radius 3 is 2.50 bits per heavy atom. The van der Waals surface area contributed by atoms with Crippen LogP contribution in [0.3, 0.4) is 0 Å². The van der Waals surface area contributed by atoms with E-state index in [0.29, 0.717) is 28.1 Å². The van der Waals surface area contributed by atoms with E-state index in [1.807, 2.05) is 6.07 Å². The van der Waals surface area contributed by atoms with Gasteiger partial charge in [-0.15, -0.1) is 0 Å². The van der Waals surface area contributed by atoms with Crippen molar-refractivity contribution in [3.05, 3.63) is 93.7 Å². The van der Waals surface area contributed by atoms with Crippen LogP contribution in [-0.2, 0) is 0 Å². The van der Waals surface area contributed by atoms with E-state index in [2.05, 4.69) is 31.8 Å². The molecule has 0 atom stereocenters. The second-order valence-electron chi connectivity index (χ2n) is 6.13. The van der Waals surface area contributed by atoms with Crippen molar-refractivity contribution >= 4 is 39.6 Å². The van der Waals surface area contributed by atoms with Crippen LogP contribution < -0.4 is 15.5 Å². The zero-order valence-corrected chi connectivity index (χ0v) is 17.4. The van der Waals surface area contributed by atoms with E-state index < -0.39 is 17.6 Å². The van der Waals surface area contributed by atoms with Gasteiger partial charge in [-0.2, -0.15) is 5.10 Å². The second-order valence-corrected chi connectivity index (χ2v) is 7.04. The molecule has 3 aromatic rings. The average molecular weight is 470 g/mol. The summed E-state index contributed by atoms with van der Waals surface area (Å²) in [5.74, 6) is -0.668. The first-order valence-electron chi connectivity index (χ1n) is 8.80. The minimum Gasteiger partial charge on any atom is -0.496 e. The molecule has 0 aliphatic heterocycles. The van der Waals surface area contributed by atoms with Gasteiger partial charge in [0, 0.05) is 26.9 Å². The van der Waals surface area contributed by atoms with Gasteiger partial charge in [0.1, 0.15) is 11.6 Å². The van der Waals surface area contributed by atoms with Crippen molar-refractivity contribution in [1.82, 2.24) is 5.43 Å². The first-order valence-corrected chi connectivity index (χ1v) is 9.59. The minimum atomic E-state index is -0.446. The number of hydrogen-bond acceptors (Lipinski definition) is 4. The summed E-state index contributed by atoms with van der Waals surface area (Å²) in [5.41, 5.74) is 4.17. The normalized spacial score (nSPS) is 10.6. The van der Waals surface area contributed by atoms with Crippen molar-refractivity contribution in [2.45, 2.75) is 0 Å². The Hall–Kier alpha value is -3.52. The van der Waals surface area contributed by atoms with Crippen molar-refractivity contribution in [3.63, 3.8) is 0 Å². The lowest BCUT2D eigenvalue weighted by Gasteiger charge is -2.07. The number of carbonyl (C=O) groups is 2. The van der Waals surface area contributed by atoms with E-state index in [-0.39, 0.29) is 0 Å². The van der Waals surface area contributed by atoms with Gasteiger partial charge < -0.3 is 10.1 Å². The van der Waals surface area contributed by atoms with Crippen LogP contribution in [0.5, 0.6) is 5.75 Å². The summed E-state index contributed by atoms with van der Waals surface area (Å²) < 4.78 is 19.1. The molecular weight excluding hydrogens is 453 g/mol. The van der Waals surface area contributed by atoms with Gasteiger partial charge in [-0.05, 0) is 60.7 Å². The molecule has 0 spiro atoms. The third kappa shape index (κ3) is 5.51. The van der Waals surface area contributed by atoms with Gasteiger partial charge >= 0.3 is 0 Å². The van der Waals surface area contributed by atoms with Gasteiger partial charge in [0.15, 0.2) is 0 Å². The highest BCUT2D eigenvalue weighted by atomic mass is 79.9. The number of rotatable bonds is 6. The predicted octanol–water partition coefficient (Wildman–Crippen LogP) is 4.61. The molecule has 3 aromatic carbocycles. The molecule has 30 heavy (non-hydrogen) atoms. The number of halogens is 2. The molecule has 0 saturated heterocycles. The molecule has 0 aliphatic rings. The lowest BCUT2D eigenvalue weighted by atomic mass is 10.1. The summed E-state index contributed by atoms with van der Waals surface area (Å²) in [7, 11) is 1.55. The number of hydrogen-bond donors (Lipinski definition) is 2. The summed E-state index contributed by atoms with van der Waals surface area (Å²) in [5, 5.41) is 6.64. The first-order chi connectivity index (χ1) is 14.5. The van der Waals surface area contributed by atoms with E-state index in [4.69, 9.17) is 4.74 Å². The summed E-state index contributed by atoms with van der Waals surface area (Å²) in [6.07, 6.45) is 1.47. The molecule has 2 N–H and O–H groups in total. The van der Waals surface area contributed by atoms with Crippen molar-refractivity contribution in [2.24, 2.45) is 5.10 Å². The number of benzene rings is 3. The third-order valence-corrected chi connectivity index (χ3v) is 4.54. The van der Waals surface area contributed by atoms with Gasteiger partial charge in [0.25, 0.3) is 11.8 Å². The first kappa shape index (κ1) is 21.2. The van der Waals surface area contributed by atoms with Crippen LogP contribution in [0.25, 0.3) is 0 Å². The van der Waals surface area contributed by atoms with Gasteiger partial charge in [-0.3, -0.25) is 9.59 Å². The standard InChI is InChI=1S/C22H17BrFN3O3/c1-30-20-10-7-17(23)11-16(20)13-25-27-22(29)15-3-2-4-19(12-15)26-21(28)14-5-8-18(24)9-6-14/h2-13H,1H3,(H,26,28)(H,27,29)/b25-13-. The number of ether oxygens (including phenoxy) is 1. The maximum Gasteiger partial charge on any atom is 0.271 e. The average Bonchev–Trinajstić information content (AvgIpc) is 2.74. The summed E-state index contributed by atoms with van der Waals surface area (Å²) in [4.78, 5) is 24.6. The molecule has 0 bridgehead atoms. The monoisotopic (exact) mass is 469 g/mol. The Morgan fingerprint density at radius 2 is 1.77 bits per heavy atom. The molecule has 0 aromatic heterocycles. The highest BCUT2D eigenvalue weighted by Gasteiger charge is 2.09. The Balaban J connectivity index is 1.66. The van der Waals surface area contributed by atoms with Crippen molar-refractivity contribution in [2.75, 3.05) is 12.4 Å². The van der Waals surface area contributed by atoms with Crippen molar-refractivity contribution in [3.8, 4) is 5.75 Å². The van der Waals surface area contributed by atoms with Crippen LogP contribution in [0, 0.1) is 5.82 Å². The van der Waals surface area contributed by atoms with Crippen molar-refractivity contribution in [1.29, 1.82) is 0 Å². The van der Waals surface area contributed by atoms with E-state index in [0.717, 1.165) is 4.47 Å². The number of anilines is 1. The molecule has 6 nitrogen and oxygen atoms in total. The third-order valence-electron chi connectivity index (χ3n) is 4.05. The fourth-order valence-electron chi connectivity index (χ4n) is 2.57. The molecule has 8 heteroatoms. The zero-order valence-electron chi connectivity index (χ0n) is 15.9. The number of methoxy groups -OCH3 is 1. The Bertz CT molecular complexity index is 1100. The SMILES string of the molecule is COc1ccc(Br)cc1/C=N\NC(=O)c1cccc(NC(=O)c2ccc(F)cc2)c1. The topological polar surface area (TPSA) is 79.8 Å². The van der Waals surface area contributed by atoms with E-state index in [9.17, 15) is 14.0 Å². The highest BCUT2D eigenvalue weighted by Crippen LogP contribution is 2.21. The van der Waals surface area contributed by atoms with Crippen LogP contribution in [-0.4, -0.2) is 25.1 Å². The Labute approximate surface area is 180 Å². The van der Waals surface area contributed by atoms with Crippen LogP contribution in [0.4, 0.5) is 10.1 Å².